The summed E-state index contributed by atoms with van der Waals surface area (Å²) in [5, 5.41) is 8.35. The van der Waals surface area contributed by atoms with Crippen molar-refractivity contribution < 1.29 is 47.6 Å². The summed E-state index contributed by atoms with van der Waals surface area (Å²) in [6.45, 7) is -0.429. The van der Waals surface area contributed by atoms with Gasteiger partial charge >= 0.3 is 29.6 Å². The first-order valence-electron chi connectivity index (χ1n) is 1.79. The molecule has 0 radical (unpaired) electrons. The molecule has 6 heteroatoms. The maximum atomic E-state index is 9.64. The monoisotopic (exact) mass is 160 g/mol. The molecule has 0 aliphatic rings. The zero-order chi connectivity index (χ0) is 6.62. The number of aliphatic hydroxyl groups is 1. The molecule has 0 unspecified atom stereocenters. The van der Waals surface area contributed by atoms with Crippen LogP contribution in [0.15, 0.2) is 11.5 Å². The molecule has 0 atom stereocenters. The molecule has 0 aliphatic carbocycles. The van der Waals surface area contributed by atoms with E-state index < -0.39 is 16.7 Å². The molecule has 1 N–H and O–H groups in total. The van der Waals surface area contributed by atoms with Crippen molar-refractivity contribution in [1.82, 2.24) is 0 Å². The minimum atomic E-state index is -4.28. The molecule has 48 valence electrons. The molecule has 0 spiro atoms. The number of rotatable bonds is 2. The van der Waals surface area contributed by atoms with Gasteiger partial charge in [0, 0.05) is 5.41 Å². The maximum Gasteiger partial charge on any atom is 1.00 e. The van der Waals surface area contributed by atoms with Gasteiger partial charge in [0.15, 0.2) is 0 Å². The minimum Gasteiger partial charge on any atom is -0.744 e. The average molecular weight is 160 g/mol. The van der Waals surface area contributed by atoms with E-state index in [4.69, 9.17) is 5.11 Å². The molecule has 0 amide bonds. The van der Waals surface area contributed by atoms with Gasteiger partial charge in [0.05, 0.1) is 6.61 Å². The molecule has 9 heavy (non-hydrogen) atoms. The van der Waals surface area contributed by atoms with Gasteiger partial charge in [0.25, 0.3) is 0 Å². The molecule has 0 aliphatic heterocycles. The topological polar surface area (TPSA) is 77.4 Å². The normalized spacial score (nSPS) is 11.3. The second-order valence-electron chi connectivity index (χ2n) is 1.05. The van der Waals surface area contributed by atoms with Crippen molar-refractivity contribution in [2.24, 2.45) is 0 Å². The standard InChI is InChI=1S/C3H6O4S.Na/c4-2-1-3-8(5,6)7;/h1,3-4H,2H2,(H,5,6,7);/q;+1/p-1. The quantitative estimate of drug-likeness (QED) is 0.330. The van der Waals surface area contributed by atoms with Crippen LogP contribution < -0.4 is 29.6 Å². The largest absolute Gasteiger partial charge is 1.00 e. The summed E-state index contributed by atoms with van der Waals surface area (Å²) < 4.78 is 28.9. The number of aliphatic hydroxyl groups excluding tert-OH is 1. The molecule has 0 saturated heterocycles. The molecule has 4 nitrogen and oxygen atoms in total. The van der Waals surface area contributed by atoms with Gasteiger partial charge in [-0.05, 0) is 6.08 Å². The summed E-state index contributed by atoms with van der Waals surface area (Å²) in [4.78, 5) is 0. The summed E-state index contributed by atoms with van der Waals surface area (Å²) >= 11 is 0. The van der Waals surface area contributed by atoms with Gasteiger partial charge in [-0.25, -0.2) is 8.42 Å². The predicted octanol–water partition coefficient (Wildman–Crippen LogP) is -3.96. The van der Waals surface area contributed by atoms with Crippen LogP contribution in [0.3, 0.4) is 0 Å². The van der Waals surface area contributed by atoms with Crippen molar-refractivity contribution in [2.45, 2.75) is 0 Å². The summed E-state index contributed by atoms with van der Waals surface area (Å²) in [6, 6.07) is 0. The summed E-state index contributed by atoms with van der Waals surface area (Å²) in [5.41, 5.74) is 0. The first-order chi connectivity index (χ1) is 3.56. The Morgan fingerprint density at radius 2 is 2.00 bits per heavy atom. The molecule has 0 aromatic rings. The van der Waals surface area contributed by atoms with E-state index in [1.807, 2.05) is 0 Å². The van der Waals surface area contributed by atoms with Gasteiger partial charge in [-0.3, -0.25) is 0 Å². The van der Waals surface area contributed by atoms with Gasteiger partial charge in [0.2, 0.25) is 0 Å². The van der Waals surface area contributed by atoms with Crippen LogP contribution in [0.25, 0.3) is 0 Å². The Bertz CT molecular complexity index is 170. The van der Waals surface area contributed by atoms with Crippen LogP contribution in [0, 0.1) is 0 Å². The Kier molecular flexibility index (Phi) is 7.38. The van der Waals surface area contributed by atoms with Crippen LogP contribution in [-0.2, 0) is 10.1 Å². The van der Waals surface area contributed by atoms with Crippen molar-refractivity contribution >= 4 is 10.1 Å². The second kappa shape index (κ2) is 5.40. The van der Waals surface area contributed by atoms with E-state index in [1.54, 1.807) is 0 Å². The fraction of sp³-hybridized carbons (Fsp3) is 0.333. The third kappa shape index (κ3) is 12.0. The summed E-state index contributed by atoms with van der Waals surface area (Å²) in [7, 11) is -4.28. The molecule has 0 saturated carbocycles. The Morgan fingerprint density at radius 3 is 2.11 bits per heavy atom. The Labute approximate surface area is 75.6 Å². The molecule has 0 aromatic carbocycles. The fourth-order valence-corrected chi connectivity index (χ4v) is 0.483. The van der Waals surface area contributed by atoms with E-state index in [2.05, 4.69) is 0 Å². The SMILES string of the molecule is O=S(=O)([O-])C=CCO.[Na+]. The number of hydrogen-bond acceptors (Lipinski definition) is 4. The van der Waals surface area contributed by atoms with E-state index in [-0.39, 0.29) is 29.6 Å². The van der Waals surface area contributed by atoms with Crippen molar-refractivity contribution in [1.29, 1.82) is 0 Å². The van der Waals surface area contributed by atoms with E-state index in [0.29, 0.717) is 5.41 Å². The molecule has 0 rings (SSSR count). The number of hydrogen-bond donors (Lipinski definition) is 1. The Hall–Kier alpha value is 0.610. The van der Waals surface area contributed by atoms with Gasteiger partial charge in [0.1, 0.15) is 10.1 Å². The Balaban J connectivity index is 0. The van der Waals surface area contributed by atoms with E-state index in [9.17, 15) is 13.0 Å². The Morgan fingerprint density at radius 1 is 1.56 bits per heavy atom. The fourth-order valence-electron chi connectivity index (χ4n) is 0.161. The van der Waals surface area contributed by atoms with Gasteiger partial charge in [-0.2, -0.15) is 0 Å². The van der Waals surface area contributed by atoms with Crippen molar-refractivity contribution in [3.05, 3.63) is 11.5 Å². The van der Waals surface area contributed by atoms with Crippen LogP contribution in [0.1, 0.15) is 0 Å². The van der Waals surface area contributed by atoms with Crippen molar-refractivity contribution in [2.75, 3.05) is 6.61 Å². The smallest absolute Gasteiger partial charge is 0.744 e. The van der Waals surface area contributed by atoms with Gasteiger partial charge in [-0.1, -0.05) is 0 Å². The van der Waals surface area contributed by atoms with E-state index >= 15 is 0 Å². The van der Waals surface area contributed by atoms with E-state index in [0.717, 1.165) is 6.08 Å². The maximum absolute atomic E-state index is 9.64. The second-order valence-corrected chi connectivity index (χ2v) is 2.30. The predicted molar refractivity (Wildman–Crippen MR) is 25.9 cm³/mol. The molecule has 0 heterocycles. The van der Waals surface area contributed by atoms with Crippen LogP contribution in [0.5, 0.6) is 0 Å². The minimum absolute atomic E-state index is 0. The molecule has 0 fully saturated rings. The van der Waals surface area contributed by atoms with Crippen molar-refractivity contribution in [3.63, 3.8) is 0 Å². The first-order valence-corrected chi connectivity index (χ1v) is 3.26. The molecule has 0 bridgehead atoms. The van der Waals surface area contributed by atoms with Gasteiger partial charge in [-0.15, -0.1) is 0 Å². The van der Waals surface area contributed by atoms with Crippen LogP contribution >= 0.6 is 0 Å². The van der Waals surface area contributed by atoms with Crippen LogP contribution in [-0.4, -0.2) is 24.7 Å². The first kappa shape index (κ1) is 12.3. The third-order valence-electron chi connectivity index (χ3n) is 0.368. The molecule has 0 aromatic heterocycles. The zero-order valence-corrected chi connectivity index (χ0v) is 7.76. The molecular weight excluding hydrogens is 155 g/mol. The third-order valence-corrected chi connectivity index (χ3v) is 0.894. The summed E-state index contributed by atoms with van der Waals surface area (Å²) in [6.07, 6.45) is 0.863. The van der Waals surface area contributed by atoms with Crippen LogP contribution in [0.2, 0.25) is 0 Å². The zero-order valence-electron chi connectivity index (χ0n) is 4.94. The van der Waals surface area contributed by atoms with Crippen LogP contribution in [0.4, 0.5) is 0 Å². The molecular formula is C3H5NaO4S. The van der Waals surface area contributed by atoms with Crippen molar-refractivity contribution in [3.8, 4) is 0 Å². The van der Waals surface area contributed by atoms with Gasteiger partial charge < -0.3 is 9.66 Å². The van der Waals surface area contributed by atoms with E-state index in [1.165, 1.54) is 0 Å². The average Bonchev–Trinajstić information content (AvgIpc) is 1.59. The summed E-state index contributed by atoms with van der Waals surface area (Å²) in [5.74, 6) is 0.